The Labute approximate surface area is 111 Å². The molecule has 0 saturated carbocycles. The van der Waals surface area contributed by atoms with Crippen LogP contribution in [-0.4, -0.2) is 59.9 Å². The molecule has 19 heavy (non-hydrogen) atoms. The topological polar surface area (TPSA) is 96.2 Å². The molecule has 0 aliphatic carbocycles. The van der Waals surface area contributed by atoms with Crippen molar-refractivity contribution in [2.45, 2.75) is 12.2 Å². The fraction of sp³-hybridized carbons (Fsp3) is 0.462. The number of benzene rings is 1. The summed E-state index contributed by atoms with van der Waals surface area (Å²) in [6.45, 7) is -1.03. The lowest BCUT2D eigenvalue weighted by Crippen LogP contribution is -2.30. The van der Waals surface area contributed by atoms with Gasteiger partial charge in [-0.05, 0) is 12.1 Å². The minimum Gasteiger partial charge on any atom is -0.459 e. The number of aliphatic hydroxyl groups is 3. The van der Waals surface area contributed by atoms with Crippen LogP contribution in [0.3, 0.4) is 0 Å². The second-order valence-electron chi connectivity index (χ2n) is 3.94. The zero-order valence-corrected chi connectivity index (χ0v) is 10.4. The van der Waals surface area contributed by atoms with Gasteiger partial charge in [0.15, 0.2) is 0 Å². The standard InChI is InChI=1S/C13H18O6/c14-6-11(16)8-18-12(7-15)9-19-13(17)10-4-2-1-3-5-10/h1-5,11-12,14-16H,6-9H2. The van der Waals surface area contributed by atoms with E-state index in [0.717, 1.165) is 0 Å². The maximum absolute atomic E-state index is 11.6. The van der Waals surface area contributed by atoms with Gasteiger partial charge in [-0.2, -0.15) is 0 Å². The quantitative estimate of drug-likeness (QED) is 0.555. The summed E-state index contributed by atoms with van der Waals surface area (Å²) in [6.07, 6.45) is -1.74. The molecule has 2 unspecified atom stereocenters. The average molecular weight is 270 g/mol. The fourth-order valence-electron chi connectivity index (χ4n) is 1.28. The molecule has 6 heteroatoms. The van der Waals surface area contributed by atoms with E-state index in [1.165, 1.54) is 0 Å². The fourth-order valence-corrected chi connectivity index (χ4v) is 1.28. The van der Waals surface area contributed by atoms with Crippen molar-refractivity contribution in [2.24, 2.45) is 0 Å². The van der Waals surface area contributed by atoms with Gasteiger partial charge in [0.05, 0.1) is 25.4 Å². The zero-order valence-electron chi connectivity index (χ0n) is 10.4. The number of esters is 1. The lowest BCUT2D eigenvalue weighted by molar-refractivity contribution is -0.0678. The first kappa shape index (κ1) is 15.6. The highest BCUT2D eigenvalue weighted by Gasteiger charge is 2.14. The van der Waals surface area contributed by atoms with Crippen LogP contribution in [0.2, 0.25) is 0 Å². The molecule has 0 saturated heterocycles. The zero-order chi connectivity index (χ0) is 14.1. The van der Waals surface area contributed by atoms with Gasteiger partial charge in [0.2, 0.25) is 0 Å². The van der Waals surface area contributed by atoms with E-state index < -0.39 is 24.8 Å². The van der Waals surface area contributed by atoms with Gasteiger partial charge in [-0.3, -0.25) is 0 Å². The number of rotatable bonds is 8. The summed E-state index contributed by atoms with van der Waals surface area (Å²) in [5.41, 5.74) is 0.412. The van der Waals surface area contributed by atoms with E-state index in [1.807, 2.05) is 0 Å². The molecule has 0 aromatic heterocycles. The molecule has 1 aromatic carbocycles. The Kier molecular flexibility index (Phi) is 7.06. The summed E-state index contributed by atoms with van der Waals surface area (Å²) in [5, 5.41) is 26.7. The van der Waals surface area contributed by atoms with Gasteiger partial charge in [0.25, 0.3) is 0 Å². The highest BCUT2D eigenvalue weighted by atomic mass is 16.6. The van der Waals surface area contributed by atoms with Crippen LogP contribution in [0.1, 0.15) is 10.4 Å². The van der Waals surface area contributed by atoms with Crippen LogP contribution in [0.15, 0.2) is 30.3 Å². The van der Waals surface area contributed by atoms with E-state index in [4.69, 9.17) is 24.8 Å². The summed E-state index contributed by atoms with van der Waals surface area (Å²) in [5.74, 6) is -0.509. The lowest BCUT2D eigenvalue weighted by Gasteiger charge is -2.17. The van der Waals surface area contributed by atoms with Crippen LogP contribution < -0.4 is 0 Å². The van der Waals surface area contributed by atoms with Gasteiger partial charge in [-0.1, -0.05) is 18.2 Å². The van der Waals surface area contributed by atoms with Gasteiger partial charge in [-0.25, -0.2) is 4.79 Å². The van der Waals surface area contributed by atoms with Crippen molar-refractivity contribution >= 4 is 5.97 Å². The van der Waals surface area contributed by atoms with Gasteiger partial charge in [0.1, 0.15) is 18.8 Å². The van der Waals surface area contributed by atoms with Crippen LogP contribution in [0.25, 0.3) is 0 Å². The first-order valence-electron chi connectivity index (χ1n) is 5.91. The van der Waals surface area contributed by atoms with E-state index >= 15 is 0 Å². The van der Waals surface area contributed by atoms with E-state index in [-0.39, 0.29) is 19.8 Å². The van der Waals surface area contributed by atoms with Gasteiger partial charge < -0.3 is 24.8 Å². The van der Waals surface area contributed by atoms with Crippen molar-refractivity contribution < 1.29 is 29.6 Å². The first-order chi connectivity index (χ1) is 9.17. The number of hydrogen-bond acceptors (Lipinski definition) is 6. The molecule has 0 aliphatic rings. The number of aliphatic hydroxyl groups excluding tert-OH is 3. The smallest absolute Gasteiger partial charge is 0.338 e. The Morgan fingerprint density at radius 2 is 1.79 bits per heavy atom. The Bertz CT molecular complexity index is 367. The largest absolute Gasteiger partial charge is 0.459 e. The molecule has 1 rings (SSSR count). The third-order valence-corrected chi connectivity index (χ3v) is 2.35. The maximum Gasteiger partial charge on any atom is 0.338 e. The predicted octanol–water partition coefficient (Wildman–Crippen LogP) is -0.426. The van der Waals surface area contributed by atoms with Crippen molar-refractivity contribution in [1.82, 2.24) is 0 Å². The Morgan fingerprint density at radius 1 is 1.11 bits per heavy atom. The molecule has 0 radical (unpaired) electrons. The second kappa shape index (κ2) is 8.60. The predicted molar refractivity (Wildman–Crippen MR) is 66.6 cm³/mol. The molecule has 0 amide bonds. The molecule has 3 N–H and O–H groups in total. The molecular weight excluding hydrogens is 252 g/mol. The molecule has 0 fully saturated rings. The Balaban J connectivity index is 2.35. The van der Waals surface area contributed by atoms with Crippen molar-refractivity contribution in [1.29, 1.82) is 0 Å². The minimum atomic E-state index is -1.01. The number of ether oxygens (including phenoxy) is 2. The second-order valence-corrected chi connectivity index (χ2v) is 3.94. The molecule has 6 nitrogen and oxygen atoms in total. The Hall–Kier alpha value is -1.47. The summed E-state index contributed by atoms with van der Waals surface area (Å²) < 4.78 is 10.1. The third kappa shape index (κ3) is 5.80. The van der Waals surface area contributed by atoms with E-state index in [9.17, 15) is 4.79 Å². The number of hydrogen-bond donors (Lipinski definition) is 3. The molecular formula is C13H18O6. The van der Waals surface area contributed by atoms with E-state index in [0.29, 0.717) is 5.56 Å². The summed E-state index contributed by atoms with van der Waals surface area (Å²) in [6, 6.07) is 8.45. The highest BCUT2D eigenvalue weighted by molar-refractivity contribution is 5.89. The summed E-state index contributed by atoms with van der Waals surface area (Å²) in [4.78, 5) is 11.6. The van der Waals surface area contributed by atoms with Crippen LogP contribution >= 0.6 is 0 Å². The number of carbonyl (C=O) groups excluding carboxylic acids is 1. The van der Waals surface area contributed by atoms with Crippen LogP contribution in [0.5, 0.6) is 0 Å². The summed E-state index contributed by atoms with van der Waals surface area (Å²) in [7, 11) is 0. The SMILES string of the molecule is O=C(OCC(CO)OCC(O)CO)c1ccccc1. The van der Waals surface area contributed by atoms with Gasteiger partial charge in [0, 0.05) is 0 Å². The minimum absolute atomic E-state index is 0.123. The van der Waals surface area contributed by atoms with Crippen molar-refractivity contribution in [3.05, 3.63) is 35.9 Å². The first-order valence-corrected chi connectivity index (χ1v) is 5.91. The Morgan fingerprint density at radius 3 is 2.37 bits per heavy atom. The molecule has 0 heterocycles. The van der Waals surface area contributed by atoms with Crippen molar-refractivity contribution in [2.75, 3.05) is 26.4 Å². The molecule has 1 aromatic rings. The third-order valence-electron chi connectivity index (χ3n) is 2.35. The van der Waals surface area contributed by atoms with Crippen LogP contribution in [-0.2, 0) is 9.47 Å². The molecule has 106 valence electrons. The molecule has 0 spiro atoms. The molecule has 0 bridgehead atoms. The maximum atomic E-state index is 11.6. The highest BCUT2D eigenvalue weighted by Crippen LogP contribution is 2.03. The van der Waals surface area contributed by atoms with Crippen molar-refractivity contribution in [3.63, 3.8) is 0 Å². The lowest BCUT2D eigenvalue weighted by atomic mass is 10.2. The van der Waals surface area contributed by atoms with Crippen LogP contribution in [0, 0.1) is 0 Å². The normalized spacial score (nSPS) is 13.8. The molecule has 2 atom stereocenters. The van der Waals surface area contributed by atoms with Crippen LogP contribution in [0.4, 0.5) is 0 Å². The van der Waals surface area contributed by atoms with Gasteiger partial charge >= 0.3 is 5.97 Å². The van der Waals surface area contributed by atoms with E-state index in [2.05, 4.69) is 0 Å². The van der Waals surface area contributed by atoms with Gasteiger partial charge in [-0.15, -0.1) is 0 Å². The number of carbonyl (C=O) groups is 1. The average Bonchev–Trinajstić information content (AvgIpc) is 2.47. The molecule has 0 aliphatic heterocycles. The van der Waals surface area contributed by atoms with E-state index in [1.54, 1.807) is 30.3 Å². The monoisotopic (exact) mass is 270 g/mol. The summed E-state index contributed by atoms with van der Waals surface area (Å²) >= 11 is 0. The van der Waals surface area contributed by atoms with Crippen molar-refractivity contribution in [3.8, 4) is 0 Å².